The first-order valence-electron chi connectivity index (χ1n) is 6.54. The number of anilines is 1. The summed E-state index contributed by atoms with van der Waals surface area (Å²) in [4.78, 5) is 12.8. The van der Waals surface area contributed by atoms with Gasteiger partial charge in [0, 0.05) is 11.3 Å². The van der Waals surface area contributed by atoms with Gasteiger partial charge in [0.15, 0.2) is 6.29 Å². The summed E-state index contributed by atoms with van der Waals surface area (Å²) in [6, 6.07) is 9.39. The number of hydrogen-bond donors (Lipinski definition) is 1. The Morgan fingerprint density at radius 3 is 2.52 bits per heavy atom. The fourth-order valence-electron chi connectivity index (χ4n) is 2.04. The van der Waals surface area contributed by atoms with E-state index in [0.717, 1.165) is 20.6 Å². The Bertz CT molecular complexity index is 628. The van der Waals surface area contributed by atoms with Crippen LogP contribution < -0.4 is 5.32 Å². The van der Waals surface area contributed by atoms with Gasteiger partial charge in [0.2, 0.25) is 0 Å². The third-order valence-electron chi connectivity index (χ3n) is 3.14. The van der Waals surface area contributed by atoms with Crippen molar-refractivity contribution in [3.63, 3.8) is 0 Å². The van der Waals surface area contributed by atoms with Gasteiger partial charge in [-0.1, -0.05) is 12.1 Å². The highest BCUT2D eigenvalue weighted by molar-refractivity contribution is 9.11. The van der Waals surface area contributed by atoms with Gasteiger partial charge in [-0.15, -0.1) is 11.3 Å². The molecule has 1 amide bonds. The third-order valence-corrected chi connectivity index (χ3v) is 5.28. The number of halogens is 1. The quantitative estimate of drug-likeness (QED) is 0.887. The lowest BCUT2D eigenvalue weighted by Crippen LogP contribution is -2.10. The molecule has 0 aliphatic carbocycles. The van der Waals surface area contributed by atoms with E-state index < -0.39 is 0 Å². The second kappa shape index (κ2) is 6.27. The van der Waals surface area contributed by atoms with Crippen molar-refractivity contribution in [1.29, 1.82) is 0 Å². The maximum absolute atomic E-state index is 12.1. The largest absolute Gasteiger partial charge is 0.346 e. The minimum absolute atomic E-state index is 0.102. The molecule has 110 valence electrons. The number of carbonyl (C=O) groups excluding carboxylic acids is 1. The van der Waals surface area contributed by atoms with E-state index in [0.29, 0.717) is 18.1 Å². The maximum atomic E-state index is 12.1. The van der Waals surface area contributed by atoms with Crippen LogP contribution in [-0.4, -0.2) is 19.1 Å². The summed E-state index contributed by atoms with van der Waals surface area (Å²) in [7, 11) is 0. The fourth-order valence-corrected chi connectivity index (χ4v) is 3.47. The zero-order chi connectivity index (χ0) is 14.8. The van der Waals surface area contributed by atoms with Gasteiger partial charge in [-0.3, -0.25) is 4.79 Å². The van der Waals surface area contributed by atoms with E-state index in [9.17, 15) is 4.79 Å². The molecule has 0 atom stereocenters. The van der Waals surface area contributed by atoms with Gasteiger partial charge in [-0.25, -0.2) is 0 Å². The van der Waals surface area contributed by atoms with E-state index in [1.54, 1.807) is 0 Å². The van der Waals surface area contributed by atoms with Crippen molar-refractivity contribution < 1.29 is 14.3 Å². The topological polar surface area (TPSA) is 47.6 Å². The van der Waals surface area contributed by atoms with Crippen LogP contribution in [0.1, 0.15) is 27.1 Å². The van der Waals surface area contributed by atoms with Gasteiger partial charge >= 0.3 is 0 Å². The highest BCUT2D eigenvalue weighted by atomic mass is 79.9. The molecule has 0 radical (unpaired) electrons. The molecule has 1 fully saturated rings. The molecule has 1 saturated heterocycles. The lowest BCUT2D eigenvalue weighted by molar-refractivity contribution is -0.0441. The van der Waals surface area contributed by atoms with Crippen LogP contribution in [0.15, 0.2) is 34.1 Å². The van der Waals surface area contributed by atoms with Crippen molar-refractivity contribution in [3.8, 4) is 0 Å². The van der Waals surface area contributed by atoms with Crippen LogP contribution in [0.4, 0.5) is 5.69 Å². The standard InChI is InChI=1S/C15H14BrNO3S/c1-9-8-12(21-13(9)16)14(18)17-11-4-2-10(3-5-11)15-19-6-7-20-15/h2-5,8,15H,6-7H2,1H3,(H,17,18). The van der Waals surface area contributed by atoms with Crippen LogP contribution in [0.5, 0.6) is 0 Å². The van der Waals surface area contributed by atoms with Crippen molar-refractivity contribution in [2.24, 2.45) is 0 Å². The van der Waals surface area contributed by atoms with Crippen molar-refractivity contribution in [2.75, 3.05) is 18.5 Å². The maximum Gasteiger partial charge on any atom is 0.265 e. The smallest absolute Gasteiger partial charge is 0.265 e. The van der Waals surface area contributed by atoms with Crippen molar-refractivity contribution in [1.82, 2.24) is 0 Å². The Hall–Kier alpha value is -1.21. The zero-order valence-corrected chi connectivity index (χ0v) is 13.8. The lowest BCUT2D eigenvalue weighted by atomic mass is 10.2. The van der Waals surface area contributed by atoms with E-state index in [1.807, 2.05) is 37.3 Å². The summed E-state index contributed by atoms with van der Waals surface area (Å²) in [5, 5.41) is 2.89. The molecule has 2 heterocycles. The van der Waals surface area contributed by atoms with Gasteiger partial charge in [0.05, 0.1) is 21.9 Å². The molecular formula is C15H14BrNO3S. The van der Waals surface area contributed by atoms with Crippen LogP contribution in [0.25, 0.3) is 0 Å². The van der Waals surface area contributed by atoms with Crippen LogP contribution in [0, 0.1) is 6.92 Å². The first-order chi connectivity index (χ1) is 10.1. The molecule has 1 aliphatic heterocycles. The SMILES string of the molecule is Cc1cc(C(=O)Nc2ccc(C3OCCO3)cc2)sc1Br. The number of rotatable bonds is 3. The van der Waals surface area contributed by atoms with E-state index in [-0.39, 0.29) is 12.2 Å². The van der Waals surface area contributed by atoms with E-state index in [1.165, 1.54) is 11.3 Å². The van der Waals surface area contributed by atoms with Crippen molar-refractivity contribution in [3.05, 3.63) is 50.1 Å². The number of ether oxygens (including phenoxy) is 2. The van der Waals surface area contributed by atoms with Crippen molar-refractivity contribution in [2.45, 2.75) is 13.2 Å². The number of aryl methyl sites for hydroxylation is 1. The number of thiophene rings is 1. The molecule has 0 unspecified atom stereocenters. The normalized spacial score (nSPS) is 15.3. The summed E-state index contributed by atoms with van der Waals surface area (Å²) >= 11 is 4.86. The predicted octanol–water partition coefficient (Wildman–Crippen LogP) is 4.12. The predicted molar refractivity (Wildman–Crippen MR) is 85.8 cm³/mol. The molecule has 1 N–H and O–H groups in total. The molecule has 6 heteroatoms. The lowest BCUT2D eigenvalue weighted by Gasteiger charge is -2.10. The molecule has 0 bridgehead atoms. The monoisotopic (exact) mass is 367 g/mol. The minimum Gasteiger partial charge on any atom is -0.346 e. The Morgan fingerprint density at radius 2 is 1.95 bits per heavy atom. The molecule has 21 heavy (non-hydrogen) atoms. The molecule has 4 nitrogen and oxygen atoms in total. The average Bonchev–Trinajstić information content (AvgIpc) is 3.11. The molecule has 1 aromatic heterocycles. The second-order valence-electron chi connectivity index (χ2n) is 4.72. The summed E-state index contributed by atoms with van der Waals surface area (Å²) < 4.78 is 11.8. The molecule has 0 spiro atoms. The molecule has 3 rings (SSSR count). The van der Waals surface area contributed by atoms with E-state index in [2.05, 4.69) is 21.2 Å². The Morgan fingerprint density at radius 1 is 1.29 bits per heavy atom. The van der Waals surface area contributed by atoms with Gasteiger partial charge < -0.3 is 14.8 Å². The minimum atomic E-state index is -0.286. The number of amides is 1. The number of nitrogens with one attached hydrogen (secondary N) is 1. The van der Waals surface area contributed by atoms with E-state index in [4.69, 9.17) is 9.47 Å². The molecule has 1 aliphatic rings. The molecule has 2 aromatic rings. The summed E-state index contributed by atoms with van der Waals surface area (Å²) in [6.45, 7) is 3.21. The Labute approximate surface area is 135 Å². The molecule has 0 saturated carbocycles. The van der Waals surface area contributed by atoms with Gasteiger partial charge in [-0.2, -0.15) is 0 Å². The van der Waals surface area contributed by atoms with Crippen LogP contribution in [0.2, 0.25) is 0 Å². The first kappa shape index (κ1) is 14.7. The second-order valence-corrected chi connectivity index (χ2v) is 7.09. The van der Waals surface area contributed by atoms with Gasteiger partial charge in [0.1, 0.15) is 0 Å². The Kier molecular flexibility index (Phi) is 4.40. The number of carbonyl (C=O) groups is 1. The summed E-state index contributed by atoms with van der Waals surface area (Å²) in [5.41, 5.74) is 2.78. The van der Waals surface area contributed by atoms with Gasteiger partial charge in [0.25, 0.3) is 5.91 Å². The van der Waals surface area contributed by atoms with Crippen molar-refractivity contribution >= 4 is 38.9 Å². The zero-order valence-electron chi connectivity index (χ0n) is 11.4. The van der Waals surface area contributed by atoms with E-state index >= 15 is 0 Å². The first-order valence-corrected chi connectivity index (χ1v) is 8.15. The fraction of sp³-hybridized carbons (Fsp3) is 0.267. The average molecular weight is 368 g/mol. The molecular weight excluding hydrogens is 354 g/mol. The van der Waals surface area contributed by atoms with Crippen LogP contribution in [-0.2, 0) is 9.47 Å². The third kappa shape index (κ3) is 3.35. The van der Waals surface area contributed by atoms with Crippen LogP contribution >= 0.6 is 27.3 Å². The molecule has 1 aromatic carbocycles. The summed E-state index contributed by atoms with van der Waals surface area (Å²) in [5.74, 6) is -0.102. The highest BCUT2D eigenvalue weighted by Crippen LogP contribution is 2.28. The van der Waals surface area contributed by atoms with Crippen LogP contribution in [0.3, 0.4) is 0 Å². The highest BCUT2D eigenvalue weighted by Gasteiger charge is 2.18. The number of benzene rings is 1. The summed E-state index contributed by atoms with van der Waals surface area (Å²) in [6.07, 6.45) is -0.286. The van der Waals surface area contributed by atoms with Gasteiger partial charge in [-0.05, 0) is 46.6 Å². The number of hydrogen-bond acceptors (Lipinski definition) is 4. The Balaban J connectivity index is 1.68.